The average Bonchev–Trinajstić information content (AvgIpc) is 1.87. The summed E-state index contributed by atoms with van der Waals surface area (Å²) in [4.78, 5) is 8.32. The predicted molar refractivity (Wildman–Crippen MR) is 42.1 cm³/mol. The first-order valence-corrected chi connectivity index (χ1v) is 6.19. The van der Waals surface area contributed by atoms with E-state index in [1.165, 1.54) is 0 Å². The topological polar surface area (TPSA) is 72.8 Å². The van der Waals surface area contributed by atoms with Gasteiger partial charge in [-0.15, -0.1) is 0 Å². The van der Waals surface area contributed by atoms with E-state index in [1.807, 2.05) is 0 Å². The first kappa shape index (κ1) is 11.3. The van der Waals surface area contributed by atoms with Crippen LogP contribution < -0.4 is 0 Å². The third kappa shape index (κ3) is 4.72. The monoisotopic (exact) mass is 202 g/mol. The van der Waals surface area contributed by atoms with Crippen LogP contribution in [0, 0.1) is 0 Å². The lowest BCUT2D eigenvalue weighted by Crippen LogP contribution is -1.92. The minimum absolute atomic E-state index is 0.109. The lowest BCUT2D eigenvalue weighted by atomic mass is 10.9. The SMILES string of the molecule is CCOP(=O)(CC)O[PH](=O)O. The molecule has 0 aromatic heterocycles. The number of hydrogen-bond donors (Lipinski definition) is 1. The Kier molecular flexibility index (Phi) is 5.23. The summed E-state index contributed by atoms with van der Waals surface area (Å²) in [7, 11) is -6.44. The first-order chi connectivity index (χ1) is 5.04. The van der Waals surface area contributed by atoms with Crippen LogP contribution in [0.3, 0.4) is 0 Å². The van der Waals surface area contributed by atoms with Gasteiger partial charge < -0.3 is 9.42 Å². The van der Waals surface area contributed by atoms with Gasteiger partial charge in [-0.3, -0.25) is 9.13 Å². The maximum atomic E-state index is 11.2. The van der Waals surface area contributed by atoms with Crippen LogP contribution in [-0.4, -0.2) is 17.7 Å². The second-order valence-electron chi connectivity index (χ2n) is 1.70. The van der Waals surface area contributed by atoms with Crippen LogP contribution in [0.5, 0.6) is 0 Å². The van der Waals surface area contributed by atoms with Gasteiger partial charge in [0, 0.05) is 6.16 Å². The van der Waals surface area contributed by atoms with Crippen LogP contribution in [0.15, 0.2) is 0 Å². The molecule has 0 radical (unpaired) electrons. The second kappa shape index (κ2) is 5.07. The van der Waals surface area contributed by atoms with Crippen molar-refractivity contribution >= 4 is 15.9 Å². The van der Waals surface area contributed by atoms with Crippen molar-refractivity contribution in [2.24, 2.45) is 0 Å². The summed E-state index contributed by atoms with van der Waals surface area (Å²) in [6.07, 6.45) is 0.109. The van der Waals surface area contributed by atoms with Gasteiger partial charge in [0.2, 0.25) is 0 Å². The fourth-order valence-corrected chi connectivity index (χ4v) is 2.75. The molecule has 68 valence electrons. The van der Waals surface area contributed by atoms with Crippen LogP contribution in [0.1, 0.15) is 13.8 Å². The molecule has 0 amide bonds. The standard InChI is InChI=1S/C4H12O5P2/c1-3-8-11(7,4-2)9-10(5)6/h10H,3-4H2,1-2H3,(H,5,6). The van der Waals surface area contributed by atoms with Crippen molar-refractivity contribution in [3.63, 3.8) is 0 Å². The molecule has 11 heavy (non-hydrogen) atoms. The molecule has 0 saturated heterocycles. The summed E-state index contributed by atoms with van der Waals surface area (Å²) in [6, 6.07) is 0. The molecule has 0 aliphatic heterocycles. The van der Waals surface area contributed by atoms with E-state index in [0.717, 1.165) is 0 Å². The summed E-state index contributed by atoms with van der Waals surface area (Å²) in [6.45, 7) is 3.42. The van der Waals surface area contributed by atoms with Crippen LogP contribution in [0.2, 0.25) is 0 Å². The lowest BCUT2D eigenvalue weighted by molar-refractivity contribution is 0.273. The highest BCUT2D eigenvalue weighted by Gasteiger charge is 2.23. The van der Waals surface area contributed by atoms with E-state index in [-0.39, 0.29) is 12.8 Å². The second-order valence-corrected chi connectivity index (χ2v) is 5.08. The molecule has 0 aliphatic carbocycles. The molecule has 7 heteroatoms. The molecular formula is C4H12O5P2. The molecule has 0 fully saturated rings. The van der Waals surface area contributed by atoms with Gasteiger partial charge in [-0.2, -0.15) is 0 Å². The maximum absolute atomic E-state index is 11.2. The zero-order valence-corrected chi connectivity index (χ0v) is 8.34. The van der Waals surface area contributed by atoms with E-state index in [1.54, 1.807) is 13.8 Å². The Morgan fingerprint density at radius 1 is 1.55 bits per heavy atom. The molecule has 0 rings (SSSR count). The zero-order chi connectivity index (χ0) is 8.91. The Hall–Kier alpha value is 0.340. The Labute approximate surface area is 66.2 Å². The normalized spacial score (nSPS) is 19.2. The Balaban J connectivity index is 4.10. The van der Waals surface area contributed by atoms with Gasteiger partial charge in [0.1, 0.15) is 0 Å². The minimum Gasteiger partial charge on any atom is -0.326 e. The van der Waals surface area contributed by atoms with Crippen molar-refractivity contribution in [3.8, 4) is 0 Å². The largest absolute Gasteiger partial charge is 0.337 e. The lowest BCUT2D eigenvalue weighted by Gasteiger charge is -2.12. The van der Waals surface area contributed by atoms with E-state index in [2.05, 4.69) is 8.83 Å². The van der Waals surface area contributed by atoms with Gasteiger partial charge in [-0.25, -0.2) is 4.31 Å². The third-order valence-corrected chi connectivity index (χ3v) is 4.09. The summed E-state index contributed by atoms with van der Waals surface area (Å²) < 4.78 is 30.3. The zero-order valence-electron chi connectivity index (χ0n) is 6.44. The Morgan fingerprint density at radius 2 is 2.09 bits per heavy atom. The van der Waals surface area contributed by atoms with Gasteiger partial charge in [0.05, 0.1) is 6.61 Å². The third-order valence-electron chi connectivity index (χ3n) is 0.930. The van der Waals surface area contributed by atoms with Gasteiger partial charge in [-0.05, 0) is 6.92 Å². The fraction of sp³-hybridized carbons (Fsp3) is 1.00. The molecule has 0 aromatic rings. The van der Waals surface area contributed by atoms with Crippen LogP contribution in [-0.2, 0) is 18.0 Å². The van der Waals surface area contributed by atoms with Crippen molar-refractivity contribution in [2.45, 2.75) is 13.8 Å². The van der Waals surface area contributed by atoms with E-state index in [0.29, 0.717) is 0 Å². The molecule has 0 aromatic carbocycles. The summed E-state index contributed by atoms with van der Waals surface area (Å²) in [5.74, 6) is 0. The first-order valence-electron chi connectivity index (χ1n) is 3.20. The molecule has 1 N–H and O–H groups in total. The van der Waals surface area contributed by atoms with Crippen molar-refractivity contribution in [3.05, 3.63) is 0 Å². The molecule has 0 saturated carbocycles. The van der Waals surface area contributed by atoms with Crippen molar-refractivity contribution in [2.75, 3.05) is 12.8 Å². The van der Waals surface area contributed by atoms with Gasteiger partial charge in [-0.1, -0.05) is 6.92 Å². The maximum Gasteiger partial charge on any atom is 0.337 e. The van der Waals surface area contributed by atoms with Crippen LogP contribution >= 0.6 is 15.9 Å². The Morgan fingerprint density at radius 3 is 2.36 bits per heavy atom. The highest BCUT2D eigenvalue weighted by atomic mass is 31.2. The smallest absolute Gasteiger partial charge is 0.326 e. The minimum atomic E-state index is -3.27. The summed E-state index contributed by atoms with van der Waals surface area (Å²) in [5.41, 5.74) is 0. The molecule has 0 aliphatic rings. The molecule has 5 nitrogen and oxygen atoms in total. The summed E-state index contributed by atoms with van der Waals surface area (Å²) >= 11 is 0. The fourth-order valence-electron chi connectivity index (χ4n) is 0.498. The highest BCUT2D eigenvalue weighted by molar-refractivity contribution is 7.60. The van der Waals surface area contributed by atoms with E-state index in [9.17, 15) is 9.13 Å². The van der Waals surface area contributed by atoms with Gasteiger partial charge in [0.15, 0.2) is 0 Å². The van der Waals surface area contributed by atoms with E-state index in [4.69, 9.17) is 4.89 Å². The molecular weight excluding hydrogens is 190 g/mol. The quantitative estimate of drug-likeness (QED) is 0.686. The van der Waals surface area contributed by atoms with Crippen molar-refractivity contribution < 1.29 is 22.9 Å². The average molecular weight is 202 g/mol. The highest BCUT2D eigenvalue weighted by Crippen LogP contribution is 2.53. The summed E-state index contributed by atoms with van der Waals surface area (Å²) in [5, 5.41) is 0. The number of hydrogen-bond acceptors (Lipinski definition) is 4. The van der Waals surface area contributed by atoms with E-state index >= 15 is 0 Å². The Bertz CT molecular complexity index is 179. The van der Waals surface area contributed by atoms with Crippen molar-refractivity contribution in [1.29, 1.82) is 0 Å². The van der Waals surface area contributed by atoms with Gasteiger partial charge in [0.25, 0.3) is 0 Å². The molecule has 2 unspecified atom stereocenters. The number of rotatable bonds is 5. The molecule has 0 heterocycles. The molecule has 0 spiro atoms. The molecule has 2 atom stereocenters. The predicted octanol–water partition coefficient (Wildman–Crippen LogP) is 1.63. The van der Waals surface area contributed by atoms with Gasteiger partial charge >= 0.3 is 15.9 Å². The van der Waals surface area contributed by atoms with Crippen LogP contribution in [0.4, 0.5) is 0 Å². The van der Waals surface area contributed by atoms with E-state index < -0.39 is 15.9 Å². The van der Waals surface area contributed by atoms with Crippen LogP contribution in [0.25, 0.3) is 0 Å². The molecule has 0 bridgehead atoms. The van der Waals surface area contributed by atoms with Crippen molar-refractivity contribution in [1.82, 2.24) is 0 Å².